The van der Waals surface area contributed by atoms with E-state index < -0.39 is 0 Å². The molecule has 0 aromatic heterocycles. The van der Waals surface area contributed by atoms with E-state index in [1.54, 1.807) is 18.2 Å². The molecule has 0 bridgehead atoms. The molecule has 1 nitrogen and oxygen atoms in total. The molecule has 4 heteroatoms. The Kier molecular flexibility index (Phi) is 5.81. The van der Waals surface area contributed by atoms with Crippen molar-refractivity contribution in [3.05, 3.63) is 28.2 Å². The van der Waals surface area contributed by atoms with Crippen molar-refractivity contribution in [2.24, 2.45) is 11.8 Å². The smallest absolute Gasteiger partial charge is 0.122 e. The van der Waals surface area contributed by atoms with Crippen LogP contribution in [0.25, 0.3) is 0 Å². The van der Waals surface area contributed by atoms with Crippen LogP contribution in [0.4, 0.5) is 0 Å². The van der Waals surface area contributed by atoms with Gasteiger partial charge in [0.25, 0.3) is 0 Å². The Morgan fingerprint density at radius 1 is 1.19 bits per heavy atom. The maximum absolute atomic E-state index is 5.88. The SMILES string of the molecule is CC(C)C(CS)COc1cc(Cl)cc(Cl)c1. The Morgan fingerprint density at radius 2 is 1.75 bits per heavy atom. The van der Waals surface area contributed by atoms with Gasteiger partial charge in [-0.05, 0) is 29.9 Å². The zero-order valence-corrected chi connectivity index (χ0v) is 11.8. The molecule has 1 atom stereocenters. The van der Waals surface area contributed by atoms with Gasteiger partial charge in [-0.2, -0.15) is 12.6 Å². The van der Waals surface area contributed by atoms with Crippen LogP contribution in [0, 0.1) is 11.8 Å². The number of thiol groups is 1. The van der Waals surface area contributed by atoms with E-state index in [0.29, 0.717) is 34.2 Å². The Bertz CT molecular complexity index is 322. The maximum atomic E-state index is 5.88. The van der Waals surface area contributed by atoms with Crippen LogP contribution >= 0.6 is 35.8 Å². The summed E-state index contributed by atoms with van der Waals surface area (Å²) in [6.07, 6.45) is 0. The van der Waals surface area contributed by atoms with Crippen molar-refractivity contribution < 1.29 is 4.74 Å². The van der Waals surface area contributed by atoms with Gasteiger partial charge in [-0.3, -0.25) is 0 Å². The van der Waals surface area contributed by atoms with Crippen LogP contribution in [-0.4, -0.2) is 12.4 Å². The topological polar surface area (TPSA) is 9.23 Å². The molecule has 0 aliphatic heterocycles. The third-order valence-corrected chi connectivity index (χ3v) is 3.38. The Labute approximate surface area is 112 Å². The molecule has 16 heavy (non-hydrogen) atoms. The summed E-state index contributed by atoms with van der Waals surface area (Å²) in [4.78, 5) is 0. The van der Waals surface area contributed by atoms with Crippen molar-refractivity contribution in [3.8, 4) is 5.75 Å². The molecule has 0 heterocycles. The number of halogens is 2. The van der Waals surface area contributed by atoms with Crippen molar-refractivity contribution in [1.29, 1.82) is 0 Å². The van der Waals surface area contributed by atoms with E-state index in [-0.39, 0.29) is 0 Å². The van der Waals surface area contributed by atoms with Gasteiger partial charge in [0.1, 0.15) is 5.75 Å². The monoisotopic (exact) mass is 278 g/mol. The molecule has 0 saturated carbocycles. The fourth-order valence-corrected chi connectivity index (χ4v) is 2.30. The van der Waals surface area contributed by atoms with Crippen LogP contribution in [0.15, 0.2) is 18.2 Å². The predicted molar refractivity (Wildman–Crippen MR) is 74.1 cm³/mol. The van der Waals surface area contributed by atoms with Gasteiger partial charge in [0.2, 0.25) is 0 Å². The summed E-state index contributed by atoms with van der Waals surface area (Å²) in [5, 5.41) is 1.18. The summed E-state index contributed by atoms with van der Waals surface area (Å²) in [6, 6.07) is 5.22. The first-order valence-electron chi connectivity index (χ1n) is 5.22. The standard InChI is InChI=1S/C12H16Cl2OS/c1-8(2)9(7-16)6-15-12-4-10(13)3-11(14)5-12/h3-5,8-9,16H,6-7H2,1-2H3. The van der Waals surface area contributed by atoms with Gasteiger partial charge in [0.15, 0.2) is 0 Å². The summed E-state index contributed by atoms with van der Waals surface area (Å²) in [7, 11) is 0. The highest BCUT2D eigenvalue weighted by molar-refractivity contribution is 7.80. The van der Waals surface area contributed by atoms with Gasteiger partial charge in [-0.1, -0.05) is 37.0 Å². The minimum absolute atomic E-state index is 0.432. The molecule has 0 radical (unpaired) electrons. The molecule has 90 valence electrons. The molecule has 0 spiro atoms. The maximum Gasteiger partial charge on any atom is 0.122 e. The third-order valence-electron chi connectivity index (χ3n) is 2.48. The van der Waals surface area contributed by atoms with Crippen molar-refractivity contribution in [2.75, 3.05) is 12.4 Å². The Hall–Kier alpha value is -0.0500. The molecule has 0 fully saturated rings. The van der Waals surface area contributed by atoms with Gasteiger partial charge in [-0.15, -0.1) is 0 Å². The third kappa shape index (κ3) is 4.44. The first-order valence-corrected chi connectivity index (χ1v) is 6.61. The first-order chi connectivity index (χ1) is 7.52. The molecule has 0 N–H and O–H groups in total. The van der Waals surface area contributed by atoms with E-state index in [1.807, 2.05) is 0 Å². The van der Waals surface area contributed by atoms with Crippen LogP contribution in [-0.2, 0) is 0 Å². The number of benzene rings is 1. The van der Waals surface area contributed by atoms with Crippen LogP contribution in [0.3, 0.4) is 0 Å². The predicted octanol–water partition coefficient (Wildman–Crippen LogP) is 4.57. The first kappa shape index (κ1) is 14.0. The fraction of sp³-hybridized carbons (Fsp3) is 0.500. The minimum Gasteiger partial charge on any atom is -0.493 e. The lowest BCUT2D eigenvalue weighted by molar-refractivity contribution is 0.227. The molecule has 0 aliphatic carbocycles. The molecule has 0 aliphatic rings. The van der Waals surface area contributed by atoms with E-state index in [9.17, 15) is 0 Å². The van der Waals surface area contributed by atoms with E-state index in [0.717, 1.165) is 5.75 Å². The second kappa shape index (κ2) is 6.63. The highest BCUT2D eigenvalue weighted by Crippen LogP contribution is 2.25. The van der Waals surface area contributed by atoms with Crippen LogP contribution < -0.4 is 4.74 Å². The van der Waals surface area contributed by atoms with Crippen molar-refractivity contribution in [3.63, 3.8) is 0 Å². The summed E-state index contributed by atoms with van der Waals surface area (Å²) in [5.74, 6) is 2.50. The zero-order valence-electron chi connectivity index (χ0n) is 9.41. The zero-order chi connectivity index (χ0) is 12.1. The molecular weight excluding hydrogens is 263 g/mol. The average molecular weight is 279 g/mol. The molecule has 1 aromatic carbocycles. The molecule has 0 amide bonds. The summed E-state index contributed by atoms with van der Waals surface area (Å²) in [5.41, 5.74) is 0. The second-order valence-electron chi connectivity index (χ2n) is 4.10. The lowest BCUT2D eigenvalue weighted by atomic mass is 9.99. The van der Waals surface area contributed by atoms with Gasteiger partial charge in [-0.25, -0.2) is 0 Å². The normalized spacial score (nSPS) is 12.9. The molecule has 1 unspecified atom stereocenters. The van der Waals surface area contributed by atoms with E-state index in [1.165, 1.54) is 0 Å². The van der Waals surface area contributed by atoms with E-state index in [4.69, 9.17) is 27.9 Å². The van der Waals surface area contributed by atoms with E-state index in [2.05, 4.69) is 26.5 Å². The summed E-state index contributed by atoms with van der Waals surface area (Å²) >= 11 is 16.1. The Morgan fingerprint density at radius 3 is 2.19 bits per heavy atom. The summed E-state index contributed by atoms with van der Waals surface area (Å²) < 4.78 is 5.66. The minimum atomic E-state index is 0.432. The average Bonchev–Trinajstić information content (AvgIpc) is 2.16. The molecule has 1 rings (SSSR count). The van der Waals surface area contributed by atoms with Crippen molar-refractivity contribution >= 4 is 35.8 Å². The van der Waals surface area contributed by atoms with Gasteiger partial charge >= 0.3 is 0 Å². The fourth-order valence-electron chi connectivity index (χ4n) is 1.27. The molecule has 0 saturated heterocycles. The Balaban J connectivity index is 2.60. The van der Waals surface area contributed by atoms with Gasteiger partial charge in [0, 0.05) is 16.0 Å². The summed E-state index contributed by atoms with van der Waals surface area (Å²) in [6.45, 7) is 4.96. The quantitative estimate of drug-likeness (QED) is 0.776. The lowest BCUT2D eigenvalue weighted by Gasteiger charge is -2.19. The van der Waals surface area contributed by atoms with E-state index >= 15 is 0 Å². The number of hydrogen-bond acceptors (Lipinski definition) is 2. The van der Waals surface area contributed by atoms with Crippen molar-refractivity contribution in [2.45, 2.75) is 13.8 Å². The van der Waals surface area contributed by atoms with Crippen molar-refractivity contribution in [1.82, 2.24) is 0 Å². The number of hydrogen-bond donors (Lipinski definition) is 1. The molecule has 1 aromatic rings. The number of rotatable bonds is 5. The van der Waals surface area contributed by atoms with Crippen LogP contribution in [0.1, 0.15) is 13.8 Å². The number of ether oxygens (including phenoxy) is 1. The largest absolute Gasteiger partial charge is 0.493 e. The highest BCUT2D eigenvalue weighted by atomic mass is 35.5. The van der Waals surface area contributed by atoms with Crippen LogP contribution in [0.5, 0.6) is 5.75 Å². The lowest BCUT2D eigenvalue weighted by Crippen LogP contribution is -2.19. The highest BCUT2D eigenvalue weighted by Gasteiger charge is 2.12. The van der Waals surface area contributed by atoms with Gasteiger partial charge < -0.3 is 4.74 Å². The second-order valence-corrected chi connectivity index (χ2v) is 5.34. The van der Waals surface area contributed by atoms with Gasteiger partial charge in [0.05, 0.1) is 6.61 Å². The van der Waals surface area contributed by atoms with Crippen LogP contribution in [0.2, 0.25) is 10.0 Å². The molecular formula is C12H16Cl2OS.